The number of nitrogens with zero attached hydrogens (tertiary/aromatic N) is 5. The number of nitriles is 1. The summed E-state index contributed by atoms with van der Waals surface area (Å²) >= 11 is 0. The minimum absolute atomic E-state index is 0.269. The van der Waals surface area contributed by atoms with Crippen molar-refractivity contribution in [2.24, 2.45) is 0 Å². The van der Waals surface area contributed by atoms with Crippen LogP contribution in [-0.4, -0.2) is 77.4 Å². The molecule has 2 aromatic heterocycles. The molecule has 0 unspecified atom stereocenters. The van der Waals surface area contributed by atoms with Crippen molar-refractivity contribution in [2.75, 3.05) is 56.2 Å². The Hall–Kier alpha value is -4.11. The molecule has 0 spiro atoms. The molecule has 0 bridgehead atoms. The zero-order valence-corrected chi connectivity index (χ0v) is 20.2. The van der Waals surface area contributed by atoms with Crippen molar-refractivity contribution in [3.05, 3.63) is 54.4 Å². The van der Waals surface area contributed by atoms with Crippen LogP contribution in [0.15, 0.2) is 48.8 Å². The Morgan fingerprint density at radius 1 is 1.24 bits per heavy atom. The summed E-state index contributed by atoms with van der Waals surface area (Å²) in [5, 5.41) is 25.4. The van der Waals surface area contributed by atoms with E-state index in [0.29, 0.717) is 43.4 Å². The van der Waals surface area contributed by atoms with Crippen molar-refractivity contribution >= 4 is 23.2 Å². The monoisotopic (exact) mass is 501 g/mol. The molecule has 37 heavy (non-hydrogen) atoms. The van der Waals surface area contributed by atoms with Gasteiger partial charge in [0.2, 0.25) is 11.7 Å². The fourth-order valence-corrected chi connectivity index (χ4v) is 4.42. The van der Waals surface area contributed by atoms with Gasteiger partial charge in [-0.2, -0.15) is 5.26 Å². The lowest BCUT2D eigenvalue weighted by atomic mass is 9.97. The Morgan fingerprint density at radius 3 is 2.81 bits per heavy atom. The first kappa shape index (κ1) is 24.6. The fraction of sp³-hybridized carbons (Fsp3) is 0.346. The summed E-state index contributed by atoms with van der Waals surface area (Å²) in [6.07, 6.45) is 3.79. The number of Topliss-reactive ketones (excluding diaryl/α,β-unsaturated/α-hetero) is 1. The molecule has 3 aromatic rings. The van der Waals surface area contributed by atoms with Gasteiger partial charge in [-0.3, -0.25) is 4.79 Å². The lowest BCUT2D eigenvalue weighted by molar-refractivity contribution is -0.136. The van der Waals surface area contributed by atoms with Crippen molar-refractivity contribution in [1.29, 1.82) is 5.26 Å². The zero-order chi connectivity index (χ0) is 25.7. The number of carbonyl (C=O) groups excluding carboxylic acids is 1. The molecule has 0 radical (unpaired) electrons. The average molecular weight is 502 g/mol. The molecule has 1 aromatic carbocycles. The number of ketones is 1. The summed E-state index contributed by atoms with van der Waals surface area (Å²) < 4.78 is 11.4. The van der Waals surface area contributed by atoms with E-state index in [1.807, 2.05) is 12.1 Å². The van der Waals surface area contributed by atoms with Crippen molar-refractivity contribution in [2.45, 2.75) is 12.0 Å². The van der Waals surface area contributed by atoms with Gasteiger partial charge in [-0.25, -0.2) is 15.0 Å². The highest BCUT2D eigenvalue weighted by Crippen LogP contribution is 2.31. The third kappa shape index (κ3) is 5.36. The number of aliphatic hydroxyl groups is 1. The van der Waals surface area contributed by atoms with Gasteiger partial charge < -0.3 is 30.1 Å². The summed E-state index contributed by atoms with van der Waals surface area (Å²) in [5.41, 5.74) is 1.15. The standard InChI is InChI=1S/C26H27N7O4/c27-14-19-13-18(1-3-22(19)37-26(23(35)16-34)6-8-28-17-26)21-5-7-29-25(32-21)31-20-2-4-24(30-15-20)33-9-11-36-12-10-33/h1-5,7,13,15,28,34H,6,8-12,16-17H2,(H,29,31,32)/t26-/m1/s1. The zero-order valence-electron chi connectivity index (χ0n) is 20.2. The number of hydrogen-bond donors (Lipinski definition) is 3. The molecule has 11 heteroatoms. The van der Waals surface area contributed by atoms with Crippen molar-refractivity contribution in [3.8, 4) is 23.1 Å². The van der Waals surface area contributed by atoms with Crippen LogP contribution in [0.5, 0.6) is 5.75 Å². The van der Waals surface area contributed by atoms with Crippen molar-refractivity contribution in [3.63, 3.8) is 0 Å². The van der Waals surface area contributed by atoms with Crippen LogP contribution in [0.2, 0.25) is 0 Å². The van der Waals surface area contributed by atoms with Crippen LogP contribution in [-0.2, 0) is 9.53 Å². The van der Waals surface area contributed by atoms with Crippen molar-refractivity contribution in [1.82, 2.24) is 20.3 Å². The topological polar surface area (TPSA) is 146 Å². The molecule has 2 aliphatic rings. The predicted molar refractivity (Wildman–Crippen MR) is 136 cm³/mol. The van der Waals surface area contributed by atoms with Crippen LogP contribution in [0.1, 0.15) is 12.0 Å². The normalized spacial score (nSPS) is 19.3. The number of nitrogens with one attached hydrogen (secondary N) is 2. The average Bonchev–Trinajstić information content (AvgIpc) is 3.43. The Balaban J connectivity index is 1.33. The highest BCUT2D eigenvalue weighted by Gasteiger charge is 2.43. The summed E-state index contributed by atoms with van der Waals surface area (Å²) in [7, 11) is 0. The maximum atomic E-state index is 12.4. The van der Waals surface area contributed by atoms with Crippen LogP contribution in [0.3, 0.4) is 0 Å². The second kappa shape index (κ2) is 10.9. The van der Waals surface area contributed by atoms with Crippen LogP contribution < -0.4 is 20.3 Å². The maximum Gasteiger partial charge on any atom is 0.227 e. The number of hydrogen-bond acceptors (Lipinski definition) is 11. The smallest absolute Gasteiger partial charge is 0.227 e. The molecular weight excluding hydrogens is 474 g/mol. The van der Waals surface area contributed by atoms with E-state index < -0.39 is 18.0 Å². The van der Waals surface area contributed by atoms with Crippen LogP contribution in [0.25, 0.3) is 11.3 Å². The number of morpholine rings is 1. The SMILES string of the molecule is N#Cc1cc(-c2ccnc(Nc3ccc(N4CCOCC4)nc3)n2)ccc1O[C@]1(C(=O)CO)CCNC1. The molecular formula is C26H27N7O4. The van der Waals surface area contributed by atoms with Crippen molar-refractivity contribution < 1.29 is 19.4 Å². The molecule has 0 saturated carbocycles. The van der Waals surface area contributed by atoms with Gasteiger partial charge in [0.15, 0.2) is 5.60 Å². The van der Waals surface area contributed by atoms with Gasteiger partial charge in [0, 0.05) is 37.8 Å². The minimum Gasteiger partial charge on any atom is -0.477 e. The first-order valence-electron chi connectivity index (χ1n) is 12.1. The third-order valence-electron chi connectivity index (χ3n) is 6.46. The van der Waals surface area contributed by atoms with E-state index in [1.165, 1.54) is 0 Å². The van der Waals surface area contributed by atoms with E-state index in [4.69, 9.17) is 9.47 Å². The Labute approximate surface area is 214 Å². The second-order valence-electron chi connectivity index (χ2n) is 8.82. The molecule has 5 rings (SSSR count). The molecule has 3 N–H and O–H groups in total. The molecule has 2 aliphatic heterocycles. The summed E-state index contributed by atoms with van der Waals surface area (Å²) in [4.78, 5) is 28.0. The number of aliphatic hydroxyl groups excluding tert-OH is 1. The molecule has 2 saturated heterocycles. The van der Waals surface area contributed by atoms with Gasteiger partial charge in [0.05, 0.1) is 36.4 Å². The van der Waals surface area contributed by atoms with Crippen LogP contribution >= 0.6 is 0 Å². The third-order valence-corrected chi connectivity index (χ3v) is 6.46. The van der Waals surface area contributed by atoms with Gasteiger partial charge in [0.25, 0.3) is 0 Å². The van der Waals surface area contributed by atoms with E-state index >= 15 is 0 Å². The maximum absolute atomic E-state index is 12.4. The van der Waals surface area contributed by atoms with Gasteiger partial charge in [0.1, 0.15) is 24.2 Å². The molecule has 0 aliphatic carbocycles. The highest BCUT2D eigenvalue weighted by atomic mass is 16.5. The Kier molecular flexibility index (Phi) is 7.23. The lowest BCUT2D eigenvalue weighted by Crippen LogP contribution is -2.48. The van der Waals surface area contributed by atoms with Gasteiger partial charge in [-0.05, 0) is 42.9 Å². The molecule has 0 amide bonds. The number of benzene rings is 1. The van der Waals surface area contributed by atoms with Gasteiger partial charge >= 0.3 is 0 Å². The highest BCUT2D eigenvalue weighted by molar-refractivity contribution is 5.89. The van der Waals surface area contributed by atoms with Gasteiger partial charge in [-0.1, -0.05) is 0 Å². The van der Waals surface area contributed by atoms with E-state index in [9.17, 15) is 15.2 Å². The molecule has 1 atom stereocenters. The number of aromatic nitrogens is 3. The fourth-order valence-electron chi connectivity index (χ4n) is 4.42. The largest absolute Gasteiger partial charge is 0.477 e. The van der Waals surface area contributed by atoms with E-state index in [0.717, 1.165) is 24.6 Å². The molecule has 11 nitrogen and oxygen atoms in total. The number of ether oxygens (including phenoxy) is 2. The minimum atomic E-state index is -1.18. The van der Waals surface area contributed by atoms with E-state index in [1.54, 1.807) is 36.7 Å². The number of carbonyl (C=O) groups is 1. The predicted octanol–water partition coefficient (Wildman–Crippen LogP) is 1.66. The first-order chi connectivity index (χ1) is 18.1. The summed E-state index contributed by atoms with van der Waals surface area (Å²) in [6, 6.07) is 12.9. The number of rotatable bonds is 8. The summed E-state index contributed by atoms with van der Waals surface area (Å²) in [5.74, 6) is 1.16. The first-order valence-corrected chi connectivity index (χ1v) is 12.1. The Bertz CT molecular complexity index is 1300. The van der Waals surface area contributed by atoms with Crippen LogP contribution in [0, 0.1) is 11.3 Å². The number of anilines is 3. The van der Waals surface area contributed by atoms with Gasteiger partial charge in [-0.15, -0.1) is 0 Å². The quantitative estimate of drug-likeness (QED) is 0.414. The lowest BCUT2D eigenvalue weighted by Gasteiger charge is -2.28. The summed E-state index contributed by atoms with van der Waals surface area (Å²) in [6.45, 7) is 3.27. The number of pyridine rings is 1. The second-order valence-corrected chi connectivity index (χ2v) is 8.82. The molecule has 4 heterocycles. The molecule has 190 valence electrons. The van der Waals surface area contributed by atoms with E-state index in [2.05, 4.69) is 36.6 Å². The van der Waals surface area contributed by atoms with E-state index in [-0.39, 0.29) is 17.9 Å². The van der Waals surface area contributed by atoms with Crippen LogP contribution in [0.4, 0.5) is 17.5 Å². The molecule has 2 fully saturated rings. The Morgan fingerprint density at radius 2 is 2.11 bits per heavy atom.